The van der Waals surface area contributed by atoms with Crippen LogP contribution in [0.25, 0.3) is 0 Å². The lowest BCUT2D eigenvalue weighted by molar-refractivity contribution is -0.115. The maximum absolute atomic E-state index is 12.2. The molecule has 0 aliphatic rings. The number of carbonyl (C=O) groups is 1. The predicted octanol–water partition coefficient (Wildman–Crippen LogP) is 5.77. The number of amides is 1. The Morgan fingerprint density at radius 1 is 1.05 bits per heavy atom. The van der Waals surface area contributed by atoms with Crippen LogP contribution in [0.5, 0.6) is 0 Å². The fraction of sp³-hybridized carbons (Fsp3) is 0.133. The van der Waals surface area contributed by atoms with Gasteiger partial charge < -0.3 is 5.32 Å². The van der Waals surface area contributed by atoms with Crippen molar-refractivity contribution in [2.24, 2.45) is 0 Å². The second kappa shape index (κ2) is 7.41. The summed E-state index contributed by atoms with van der Waals surface area (Å²) in [5, 5.41) is 4.15. The average Bonchev–Trinajstić information content (AvgIpc) is 2.45. The van der Waals surface area contributed by atoms with Crippen LogP contribution in [0.3, 0.4) is 0 Å². The van der Waals surface area contributed by atoms with Gasteiger partial charge in [-0.2, -0.15) is 0 Å². The molecular weight excluding hydrogens is 349 g/mol. The van der Waals surface area contributed by atoms with Crippen molar-refractivity contribution in [3.8, 4) is 0 Å². The fourth-order valence-electron chi connectivity index (χ4n) is 1.60. The van der Waals surface area contributed by atoms with E-state index in [1.165, 1.54) is 11.8 Å². The third-order valence-electron chi connectivity index (χ3n) is 2.68. The molecule has 0 saturated heterocycles. The van der Waals surface area contributed by atoms with E-state index >= 15 is 0 Å². The monoisotopic (exact) mass is 359 g/mol. The second-order valence-electron chi connectivity index (χ2n) is 4.33. The van der Waals surface area contributed by atoms with Gasteiger partial charge >= 0.3 is 0 Å². The molecule has 1 N–H and O–H groups in total. The number of anilines is 1. The Morgan fingerprint density at radius 2 is 1.67 bits per heavy atom. The van der Waals surface area contributed by atoms with E-state index in [-0.39, 0.29) is 11.2 Å². The standard InChI is InChI=1S/C15H12Cl3NOS/c1-9(21-12-5-2-10(16)3-6-12)15(20)19-14-8-11(17)4-7-13(14)18/h2-9H,1H3,(H,19,20)/t9-/m1/s1. The molecule has 0 heterocycles. The summed E-state index contributed by atoms with van der Waals surface area (Å²) in [5.74, 6) is -0.140. The third-order valence-corrected chi connectivity index (χ3v) is 4.61. The van der Waals surface area contributed by atoms with E-state index in [1.54, 1.807) is 30.3 Å². The van der Waals surface area contributed by atoms with Gasteiger partial charge in [-0.05, 0) is 49.4 Å². The molecule has 0 aliphatic carbocycles. The Hall–Kier alpha value is -0.870. The van der Waals surface area contributed by atoms with Crippen molar-refractivity contribution in [1.29, 1.82) is 0 Å². The highest BCUT2D eigenvalue weighted by Crippen LogP contribution is 2.28. The van der Waals surface area contributed by atoms with Gasteiger partial charge in [-0.25, -0.2) is 0 Å². The van der Waals surface area contributed by atoms with Crippen molar-refractivity contribution < 1.29 is 4.79 Å². The van der Waals surface area contributed by atoms with Crippen LogP contribution in [0.2, 0.25) is 15.1 Å². The van der Waals surface area contributed by atoms with Gasteiger partial charge in [0.2, 0.25) is 5.91 Å². The minimum atomic E-state index is -0.277. The quantitative estimate of drug-likeness (QED) is 0.702. The van der Waals surface area contributed by atoms with Crippen LogP contribution in [-0.2, 0) is 4.79 Å². The highest BCUT2D eigenvalue weighted by atomic mass is 35.5. The number of nitrogens with one attached hydrogen (secondary N) is 1. The second-order valence-corrected chi connectivity index (χ2v) is 7.02. The molecule has 2 aromatic rings. The van der Waals surface area contributed by atoms with Crippen molar-refractivity contribution >= 4 is 58.2 Å². The smallest absolute Gasteiger partial charge is 0.237 e. The Morgan fingerprint density at radius 3 is 2.33 bits per heavy atom. The fourth-order valence-corrected chi connectivity index (χ4v) is 2.93. The lowest BCUT2D eigenvalue weighted by Gasteiger charge is -2.13. The summed E-state index contributed by atoms with van der Waals surface area (Å²) >= 11 is 19.2. The van der Waals surface area contributed by atoms with Crippen molar-refractivity contribution in [2.75, 3.05) is 5.32 Å². The highest BCUT2D eigenvalue weighted by molar-refractivity contribution is 8.00. The first-order valence-electron chi connectivity index (χ1n) is 6.14. The number of carbonyl (C=O) groups excluding carboxylic acids is 1. The van der Waals surface area contributed by atoms with Gasteiger partial charge in [-0.15, -0.1) is 11.8 Å². The number of hydrogen-bond acceptors (Lipinski definition) is 2. The molecule has 0 bridgehead atoms. The molecule has 0 saturated carbocycles. The van der Waals surface area contributed by atoms with Crippen molar-refractivity contribution in [1.82, 2.24) is 0 Å². The first-order chi connectivity index (χ1) is 9.95. The van der Waals surface area contributed by atoms with E-state index in [0.29, 0.717) is 20.8 Å². The van der Waals surface area contributed by atoms with Gasteiger partial charge in [0.05, 0.1) is 16.0 Å². The van der Waals surface area contributed by atoms with E-state index in [1.807, 2.05) is 19.1 Å². The minimum Gasteiger partial charge on any atom is -0.324 e. The predicted molar refractivity (Wildman–Crippen MR) is 91.9 cm³/mol. The van der Waals surface area contributed by atoms with Crippen LogP contribution >= 0.6 is 46.6 Å². The van der Waals surface area contributed by atoms with Gasteiger partial charge in [0.15, 0.2) is 0 Å². The Balaban J connectivity index is 2.02. The number of benzene rings is 2. The zero-order valence-electron chi connectivity index (χ0n) is 11.1. The summed E-state index contributed by atoms with van der Waals surface area (Å²) in [6, 6.07) is 12.3. The largest absolute Gasteiger partial charge is 0.324 e. The van der Waals surface area contributed by atoms with Crippen molar-refractivity contribution in [3.05, 3.63) is 57.5 Å². The summed E-state index contributed by atoms with van der Waals surface area (Å²) in [6.45, 7) is 1.83. The molecule has 0 aliphatic heterocycles. The molecule has 21 heavy (non-hydrogen) atoms. The molecule has 1 amide bonds. The normalized spacial score (nSPS) is 12.0. The molecule has 1 atom stereocenters. The first-order valence-corrected chi connectivity index (χ1v) is 8.15. The molecule has 110 valence electrons. The molecule has 0 fully saturated rings. The summed E-state index contributed by atoms with van der Waals surface area (Å²) < 4.78 is 0. The Labute approximate surface area is 142 Å². The maximum Gasteiger partial charge on any atom is 0.237 e. The van der Waals surface area contributed by atoms with Gasteiger partial charge in [-0.1, -0.05) is 34.8 Å². The van der Waals surface area contributed by atoms with Gasteiger partial charge in [0.25, 0.3) is 0 Å². The van der Waals surface area contributed by atoms with Gasteiger partial charge in [-0.3, -0.25) is 4.79 Å². The van der Waals surface area contributed by atoms with Crippen LogP contribution < -0.4 is 5.32 Å². The zero-order chi connectivity index (χ0) is 15.4. The molecule has 0 radical (unpaired) electrons. The number of thioether (sulfide) groups is 1. The van der Waals surface area contributed by atoms with Gasteiger partial charge in [0.1, 0.15) is 0 Å². The van der Waals surface area contributed by atoms with E-state index in [4.69, 9.17) is 34.8 Å². The number of hydrogen-bond donors (Lipinski definition) is 1. The molecule has 6 heteroatoms. The van der Waals surface area contributed by atoms with E-state index in [2.05, 4.69) is 5.32 Å². The summed E-state index contributed by atoms with van der Waals surface area (Å²) in [4.78, 5) is 13.2. The van der Waals surface area contributed by atoms with Gasteiger partial charge in [0, 0.05) is 14.9 Å². The Kier molecular flexibility index (Phi) is 5.82. The van der Waals surface area contributed by atoms with Crippen LogP contribution in [0.15, 0.2) is 47.4 Å². The SMILES string of the molecule is C[C@@H](Sc1ccc(Cl)cc1)C(=O)Nc1cc(Cl)ccc1Cl. The summed E-state index contributed by atoms with van der Waals surface area (Å²) in [6.07, 6.45) is 0. The molecule has 2 rings (SSSR count). The van der Waals surface area contributed by atoms with Crippen LogP contribution in [0.1, 0.15) is 6.92 Å². The first kappa shape index (κ1) is 16.5. The molecular formula is C15H12Cl3NOS. The summed E-state index contributed by atoms with van der Waals surface area (Å²) in [5.41, 5.74) is 0.512. The third kappa shape index (κ3) is 4.82. The lowest BCUT2D eigenvalue weighted by Crippen LogP contribution is -2.22. The van der Waals surface area contributed by atoms with Crippen LogP contribution in [-0.4, -0.2) is 11.2 Å². The number of rotatable bonds is 4. The molecule has 2 nitrogen and oxygen atoms in total. The molecule has 0 aromatic heterocycles. The maximum atomic E-state index is 12.2. The van der Waals surface area contributed by atoms with Crippen LogP contribution in [0, 0.1) is 0 Å². The topological polar surface area (TPSA) is 29.1 Å². The zero-order valence-corrected chi connectivity index (χ0v) is 14.2. The number of halogens is 3. The molecule has 2 aromatic carbocycles. The Bertz CT molecular complexity index is 646. The molecule has 0 unspecified atom stereocenters. The highest BCUT2D eigenvalue weighted by Gasteiger charge is 2.16. The van der Waals surface area contributed by atoms with E-state index < -0.39 is 0 Å². The van der Waals surface area contributed by atoms with Crippen molar-refractivity contribution in [2.45, 2.75) is 17.1 Å². The van der Waals surface area contributed by atoms with Crippen LogP contribution in [0.4, 0.5) is 5.69 Å². The molecule has 0 spiro atoms. The lowest BCUT2D eigenvalue weighted by atomic mass is 10.3. The van der Waals surface area contributed by atoms with E-state index in [9.17, 15) is 4.79 Å². The van der Waals surface area contributed by atoms with Crippen molar-refractivity contribution in [3.63, 3.8) is 0 Å². The van der Waals surface area contributed by atoms with E-state index in [0.717, 1.165) is 4.90 Å². The average molecular weight is 361 g/mol. The summed E-state index contributed by atoms with van der Waals surface area (Å²) in [7, 11) is 0. The minimum absolute atomic E-state index is 0.140.